The fourth-order valence-electron chi connectivity index (χ4n) is 2.70. The van der Waals surface area contributed by atoms with Gasteiger partial charge in [0.15, 0.2) is 6.61 Å². The number of hydrogen-bond acceptors (Lipinski definition) is 7. The van der Waals surface area contributed by atoms with Gasteiger partial charge >= 0.3 is 12.0 Å². The van der Waals surface area contributed by atoms with Crippen LogP contribution in [0.2, 0.25) is 0 Å². The SMILES string of the molecule is CCNC(=O)NC(=O)COC(=O)c1ccc2c(c1)C(=O)N(Cc1ccco1)C2=O. The number of nitrogens with zero attached hydrogens (tertiary/aromatic N) is 1. The number of nitrogens with one attached hydrogen (secondary N) is 2. The van der Waals surface area contributed by atoms with E-state index in [4.69, 9.17) is 9.15 Å². The number of imide groups is 2. The van der Waals surface area contributed by atoms with Crippen molar-refractivity contribution in [1.29, 1.82) is 0 Å². The predicted octanol–water partition coefficient (Wildman–Crippen LogP) is 1.08. The topological polar surface area (TPSA) is 135 Å². The summed E-state index contributed by atoms with van der Waals surface area (Å²) in [6, 6.07) is 6.49. The number of esters is 1. The van der Waals surface area contributed by atoms with E-state index in [1.165, 1.54) is 24.5 Å². The summed E-state index contributed by atoms with van der Waals surface area (Å²) in [5.41, 5.74) is 0.213. The molecule has 150 valence electrons. The molecule has 3 rings (SSSR count). The van der Waals surface area contributed by atoms with Crippen molar-refractivity contribution in [3.05, 3.63) is 59.0 Å². The van der Waals surface area contributed by atoms with E-state index in [1.807, 2.05) is 5.32 Å². The Morgan fingerprint density at radius 3 is 2.55 bits per heavy atom. The van der Waals surface area contributed by atoms with Crippen molar-refractivity contribution in [1.82, 2.24) is 15.5 Å². The van der Waals surface area contributed by atoms with Crippen molar-refractivity contribution in [3.8, 4) is 0 Å². The van der Waals surface area contributed by atoms with Gasteiger partial charge in [-0.15, -0.1) is 0 Å². The van der Waals surface area contributed by atoms with Crippen LogP contribution in [0, 0.1) is 0 Å². The quantitative estimate of drug-likeness (QED) is 0.548. The molecule has 10 heteroatoms. The average Bonchev–Trinajstić information content (AvgIpc) is 3.29. The fraction of sp³-hybridized carbons (Fsp3) is 0.211. The first-order chi connectivity index (χ1) is 13.9. The van der Waals surface area contributed by atoms with Crippen molar-refractivity contribution in [2.24, 2.45) is 0 Å². The molecule has 2 N–H and O–H groups in total. The molecule has 0 fully saturated rings. The van der Waals surface area contributed by atoms with Gasteiger partial charge in [-0.05, 0) is 37.3 Å². The van der Waals surface area contributed by atoms with Gasteiger partial charge in [0.2, 0.25) is 0 Å². The number of carbonyl (C=O) groups is 5. The zero-order valence-electron chi connectivity index (χ0n) is 15.4. The standard InChI is InChI=1S/C19H17N3O7/c1-2-20-19(27)21-15(23)10-29-18(26)11-5-6-13-14(8-11)17(25)22(16(13)24)9-12-4-3-7-28-12/h3-8H,2,9-10H2,1H3,(H2,20,21,23,27). The number of rotatable bonds is 6. The molecule has 1 aromatic carbocycles. The maximum Gasteiger partial charge on any atom is 0.338 e. The van der Waals surface area contributed by atoms with E-state index < -0.39 is 36.3 Å². The third kappa shape index (κ3) is 4.32. The van der Waals surface area contributed by atoms with Crippen LogP contribution in [0.15, 0.2) is 41.0 Å². The van der Waals surface area contributed by atoms with E-state index in [2.05, 4.69) is 5.32 Å². The van der Waals surface area contributed by atoms with Crippen molar-refractivity contribution in [2.75, 3.05) is 13.2 Å². The summed E-state index contributed by atoms with van der Waals surface area (Å²) in [5, 5.41) is 4.35. The lowest BCUT2D eigenvalue weighted by molar-refractivity contribution is -0.123. The van der Waals surface area contributed by atoms with Crippen LogP contribution in [0.3, 0.4) is 0 Å². The maximum absolute atomic E-state index is 12.6. The minimum Gasteiger partial charge on any atom is -0.467 e. The number of fused-ring (bicyclic) bond motifs is 1. The Hall–Kier alpha value is -3.95. The highest BCUT2D eigenvalue weighted by atomic mass is 16.5. The Bertz CT molecular complexity index is 982. The number of urea groups is 1. The molecule has 0 radical (unpaired) electrons. The number of furan rings is 1. The Kier molecular flexibility index (Phi) is 5.72. The van der Waals surface area contributed by atoms with Gasteiger partial charge in [0.25, 0.3) is 17.7 Å². The molecule has 1 aliphatic heterocycles. The van der Waals surface area contributed by atoms with Gasteiger partial charge in [0.05, 0.1) is 29.5 Å². The molecule has 1 aliphatic rings. The summed E-state index contributed by atoms with van der Waals surface area (Å²) < 4.78 is 10.0. The smallest absolute Gasteiger partial charge is 0.338 e. The summed E-state index contributed by atoms with van der Waals surface area (Å²) in [5.74, 6) is -2.30. The summed E-state index contributed by atoms with van der Waals surface area (Å²) in [6.07, 6.45) is 1.43. The van der Waals surface area contributed by atoms with E-state index in [-0.39, 0.29) is 23.2 Å². The molecule has 10 nitrogen and oxygen atoms in total. The van der Waals surface area contributed by atoms with Crippen LogP contribution >= 0.6 is 0 Å². The van der Waals surface area contributed by atoms with Gasteiger partial charge in [0, 0.05) is 6.54 Å². The Morgan fingerprint density at radius 1 is 1.10 bits per heavy atom. The molecule has 0 bridgehead atoms. The summed E-state index contributed by atoms with van der Waals surface area (Å²) in [4.78, 5) is 61.0. The number of benzene rings is 1. The third-order valence-corrected chi connectivity index (χ3v) is 4.03. The Labute approximate surface area is 164 Å². The Balaban J connectivity index is 1.65. The number of ether oxygens (including phenoxy) is 1. The van der Waals surface area contributed by atoms with Crippen molar-refractivity contribution < 1.29 is 33.1 Å². The second-order valence-corrected chi connectivity index (χ2v) is 6.02. The molecule has 0 aliphatic carbocycles. The van der Waals surface area contributed by atoms with Gasteiger partial charge in [-0.1, -0.05) is 0 Å². The highest BCUT2D eigenvalue weighted by Crippen LogP contribution is 2.26. The third-order valence-electron chi connectivity index (χ3n) is 4.03. The first-order valence-corrected chi connectivity index (χ1v) is 8.68. The molecule has 0 saturated carbocycles. The number of carbonyl (C=O) groups excluding carboxylic acids is 5. The van der Waals surface area contributed by atoms with Gasteiger partial charge < -0.3 is 14.5 Å². The number of amides is 5. The lowest BCUT2D eigenvalue weighted by atomic mass is 10.1. The molecule has 0 unspecified atom stereocenters. The monoisotopic (exact) mass is 399 g/mol. The minimum absolute atomic E-state index is 0.00411. The van der Waals surface area contributed by atoms with Crippen LogP contribution in [0.1, 0.15) is 43.8 Å². The molecule has 5 amide bonds. The van der Waals surface area contributed by atoms with Crippen LogP contribution < -0.4 is 10.6 Å². The molecule has 0 saturated heterocycles. The van der Waals surface area contributed by atoms with Crippen LogP contribution in [0.5, 0.6) is 0 Å². The van der Waals surface area contributed by atoms with Gasteiger partial charge in [0.1, 0.15) is 5.76 Å². The largest absolute Gasteiger partial charge is 0.467 e. The van der Waals surface area contributed by atoms with Crippen LogP contribution in [0.25, 0.3) is 0 Å². The van der Waals surface area contributed by atoms with Gasteiger partial charge in [-0.3, -0.25) is 24.6 Å². The molecule has 1 aromatic heterocycles. The van der Waals surface area contributed by atoms with Gasteiger partial charge in [-0.2, -0.15) is 0 Å². The van der Waals surface area contributed by atoms with Crippen molar-refractivity contribution in [2.45, 2.75) is 13.5 Å². The molecule has 2 heterocycles. The summed E-state index contributed by atoms with van der Waals surface area (Å²) in [7, 11) is 0. The van der Waals surface area contributed by atoms with E-state index >= 15 is 0 Å². The van der Waals surface area contributed by atoms with Gasteiger partial charge in [-0.25, -0.2) is 9.59 Å². The molecular formula is C19H17N3O7. The second kappa shape index (κ2) is 8.38. The molecule has 2 aromatic rings. The summed E-state index contributed by atoms with van der Waals surface area (Å²) >= 11 is 0. The average molecular weight is 399 g/mol. The van der Waals surface area contributed by atoms with E-state index in [9.17, 15) is 24.0 Å². The molecular weight excluding hydrogens is 382 g/mol. The predicted molar refractivity (Wildman–Crippen MR) is 96.9 cm³/mol. The van der Waals surface area contributed by atoms with Crippen molar-refractivity contribution in [3.63, 3.8) is 0 Å². The zero-order valence-corrected chi connectivity index (χ0v) is 15.4. The molecule has 0 spiro atoms. The highest BCUT2D eigenvalue weighted by molar-refractivity contribution is 6.21. The lowest BCUT2D eigenvalue weighted by Crippen LogP contribution is -2.41. The fourth-order valence-corrected chi connectivity index (χ4v) is 2.70. The first kappa shape index (κ1) is 19.8. The van der Waals surface area contributed by atoms with E-state index in [0.717, 1.165) is 4.90 Å². The number of hydrogen-bond donors (Lipinski definition) is 2. The summed E-state index contributed by atoms with van der Waals surface area (Å²) in [6.45, 7) is 1.31. The lowest BCUT2D eigenvalue weighted by Gasteiger charge is -2.11. The maximum atomic E-state index is 12.6. The van der Waals surface area contributed by atoms with Crippen LogP contribution in [0.4, 0.5) is 4.79 Å². The Morgan fingerprint density at radius 2 is 1.86 bits per heavy atom. The second-order valence-electron chi connectivity index (χ2n) is 6.02. The van der Waals surface area contributed by atoms with E-state index in [1.54, 1.807) is 19.1 Å². The van der Waals surface area contributed by atoms with Crippen LogP contribution in [-0.2, 0) is 16.1 Å². The van der Waals surface area contributed by atoms with Crippen molar-refractivity contribution >= 4 is 29.7 Å². The molecule has 29 heavy (non-hydrogen) atoms. The van der Waals surface area contributed by atoms with E-state index in [0.29, 0.717) is 12.3 Å². The molecule has 0 atom stereocenters. The first-order valence-electron chi connectivity index (χ1n) is 8.68. The van der Waals surface area contributed by atoms with Crippen LogP contribution in [-0.4, -0.2) is 47.8 Å². The minimum atomic E-state index is -0.872. The normalized spacial score (nSPS) is 12.5. The zero-order chi connectivity index (χ0) is 21.0. The highest BCUT2D eigenvalue weighted by Gasteiger charge is 2.36.